The van der Waals surface area contributed by atoms with E-state index in [9.17, 15) is 14.0 Å². The molecule has 2 amide bonds. The summed E-state index contributed by atoms with van der Waals surface area (Å²) in [6.07, 6.45) is 1.62. The van der Waals surface area contributed by atoms with Crippen LogP contribution in [0, 0.1) is 12.7 Å². The molecular formula is C29H30FN3O3. The third kappa shape index (κ3) is 4.84. The number of anilines is 1. The van der Waals surface area contributed by atoms with E-state index in [1.807, 2.05) is 25.1 Å². The molecule has 0 spiro atoms. The van der Waals surface area contributed by atoms with Crippen molar-refractivity contribution in [1.82, 2.24) is 9.80 Å². The monoisotopic (exact) mass is 487 g/mol. The van der Waals surface area contributed by atoms with Crippen molar-refractivity contribution in [2.24, 2.45) is 0 Å². The molecule has 1 atom stereocenters. The number of amides is 2. The summed E-state index contributed by atoms with van der Waals surface area (Å²) < 4.78 is 18.3. The lowest BCUT2D eigenvalue weighted by molar-refractivity contribution is 0.0763. The van der Waals surface area contributed by atoms with E-state index in [0.717, 1.165) is 48.3 Å². The van der Waals surface area contributed by atoms with Crippen LogP contribution in [0.4, 0.5) is 14.9 Å². The van der Waals surface area contributed by atoms with Gasteiger partial charge in [0.1, 0.15) is 5.82 Å². The van der Waals surface area contributed by atoms with Gasteiger partial charge < -0.3 is 15.0 Å². The first-order valence-corrected chi connectivity index (χ1v) is 12.3. The number of rotatable bonds is 4. The van der Waals surface area contributed by atoms with Crippen molar-refractivity contribution in [2.75, 3.05) is 38.6 Å². The predicted molar refractivity (Wildman–Crippen MR) is 138 cm³/mol. The molecule has 7 heteroatoms. The number of carbonyl (C=O) groups is 2. The number of hydrogen-bond donors (Lipinski definition) is 1. The Labute approximate surface area is 210 Å². The van der Waals surface area contributed by atoms with E-state index >= 15 is 0 Å². The van der Waals surface area contributed by atoms with Crippen LogP contribution in [-0.2, 0) is 17.6 Å². The number of fused-ring (bicyclic) bond motifs is 1. The van der Waals surface area contributed by atoms with Crippen molar-refractivity contribution in [3.05, 3.63) is 88.7 Å². The van der Waals surface area contributed by atoms with Crippen LogP contribution in [0.15, 0.2) is 60.7 Å². The van der Waals surface area contributed by atoms with Gasteiger partial charge in [-0.25, -0.2) is 9.18 Å². The topological polar surface area (TPSA) is 61.9 Å². The van der Waals surface area contributed by atoms with Crippen LogP contribution >= 0.6 is 0 Å². The van der Waals surface area contributed by atoms with Gasteiger partial charge in [-0.2, -0.15) is 0 Å². The molecule has 2 aliphatic rings. The molecule has 1 aliphatic carbocycles. The Morgan fingerprint density at radius 3 is 2.39 bits per heavy atom. The number of hydrogen-bond acceptors (Lipinski definition) is 4. The van der Waals surface area contributed by atoms with E-state index in [1.54, 1.807) is 23.1 Å². The van der Waals surface area contributed by atoms with Gasteiger partial charge in [0.05, 0.1) is 7.11 Å². The van der Waals surface area contributed by atoms with Crippen LogP contribution in [-0.4, -0.2) is 61.1 Å². The van der Waals surface area contributed by atoms with Gasteiger partial charge in [-0.3, -0.25) is 9.69 Å². The quantitative estimate of drug-likeness (QED) is 0.569. The van der Waals surface area contributed by atoms with Crippen molar-refractivity contribution in [1.29, 1.82) is 0 Å². The molecule has 1 heterocycles. The highest BCUT2D eigenvalue weighted by molar-refractivity contribution is 6.09. The van der Waals surface area contributed by atoms with E-state index < -0.39 is 0 Å². The van der Waals surface area contributed by atoms with E-state index in [1.165, 1.54) is 30.4 Å². The maximum absolute atomic E-state index is 13.5. The number of benzene rings is 3. The molecule has 6 nitrogen and oxygen atoms in total. The number of carbonyl (C=O) groups excluding carboxylic acids is 2. The van der Waals surface area contributed by atoms with Crippen molar-refractivity contribution in [3.63, 3.8) is 0 Å². The average molecular weight is 488 g/mol. The normalized spacial score (nSPS) is 17.5. The number of halogens is 1. The zero-order chi connectivity index (χ0) is 25.2. The highest BCUT2D eigenvalue weighted by Gasteiger charge is 2.31. The summed E-state index contributed by atoms with van der Waals surface area (Å²) >= 11 is 0. The van der Waals surface area contributed by atoms with Crippen LogP contribution in [0.25, 0.3) is 11.1 Å². The van der Waals surface area contributed by atoms with Crippen LogP contribution in [0.5, 0.6) is 0 Å². The van der Waals surface area contributed by atoms with Crippen molar-refractivity contribution < 1.29 is 18.7 Å². The Morgan fingerprint density at radius 2 is 1.67 bits per heavy atom. The lowest BCUT2D eigenvalue weighted by Crippen LogP contribution is -2.52. The molecule has 1 unspecified atom stereocenters. The van der Waals surface area contributed by atoms with Crippen LogP contribution < -0.4 is 5.32 Å². The summed E-state index contributed by atoms with van der Waals surface area (Å²) in [6, 6.07) is 18.4. The Kier molecular flexibility index (Phi) is 6.74. The summed E-state index contributed by atoms with van der Waals surface area (Å²) in [5, 5.41) is 3.07. The second-order valence-corrected chi connectivity index (χ2v) is 9.50. The summed E-state index contributed by atoms with van der Waals surface area (Å²) in [4.78, 5) is 29.3. The van der Waals surface area contributed by atoms with E-state index in [0.29, 0.717) is 24.7 Å². The minimum absolute atomic E-state index is 0.188. The van der Waals surface area contributed by atoms with E-state index in [-0.39, 0.29) is 17.8 Å². The minimum Gasteiger partial charge on any atom is -0.453 e. The second kappa shape index (κ2) is 10.1. The van der Waals surface area contributed by atoms with Gasteiger partial charge in [-0.05, 0) is 77.9 Å². The van der Waals surface area contributed by atoms with Crippen LogP contribution in [0.2, 0.25) is 0 Å². The van der Waals surface area contributed by atoms with Crippen LogP contribution in [0.3, 0.4) is 0 Å². The molecule has 0 bridgehead atoms. The van der Waals surface area contributed by atoms with Gasteiger partial charge in [0, 0.05) is 43.5 Å². The number of methoxy groups -OCH3 is 1. The molecule has 186 valence electrons. The molecule has 1 N–H and O–H groups in total. The highest BCUT2D eigenvalue weighted by Crippen LogP contribution is 2.31. The number of piperazine rings is 1. The lowest BCUT2D eigenvalue weighted by Gasteiger charge is -2.37. The maximum Gasteiger partial charge on any atom is 0.409 e. The standard InChI is InChI=1S/C29H30FN3O3/c1-19-4-3-5-26(27(19)20-6-9-23(30)10-7-20)28(34)31-24-11-8-21-17-25(18-22(21)16-24)32-12-14-33(15-13-32)29(35)36-2/h3-11,16,25H,12-15,17-18H2,1-2H3,(H,31,34). The fourth-order valence-corrected chi connectivity index (χ4v) is 5.38. The predicted octanol–water partition coefficient (Wildman–Crippen LogP) is 4.90. The highest BCUT2D eigenvalue weighted by atomic mass is 19.1. The first kappa shape index (κ1) is 24.0. The summed E-state index contributed by atoms with van der Waals surface area (Å²) in [7, 11) is 1.42. The zero-order valence-corrected chi connectivity index (χ0v) is 20.6. The second-order valence-electron chi connectivity index (χ2n) is 9.50. The van der Waals surface area contributed by atoms with Crippen molar-refractivity contribution in [3.8, 4) is 11.1 Å². The first-order chi connectivity index (χ1) is 17.4. The smallest absolute Gasteiger partial charge is 0.409 e. The largest absolute Gasteiger partial charge is 0.453 e. The third-order valence-corrected chi connectivity index (χ3v) is 7.29. The Morgan fingerprint density at radius 1 is 0.944 bits per heavy atom. The van der Waals surface area contributed by atoms with E-state index in [4.69, 9.17) is 4.74 Å². The molecule has 1 fully saturated rings. The molecule has 1 aliphatic heterocycles. The fraction of sp³-hybridized carbons (Fsp3) is 0.310. The molecular weight excluding hydrogens is 457 g/mol. The van der Waals surface area contributed by atoms with Gasteiger partial charge in [0.25, 0.3) is 5.91 Å². The van der Waals surface area contributed by atoms with Gasteiger partial charge in [-0.15, -0.1) is 0 Å². The maximum atomic E-state index is 13.5. The van der Waals surface area contributed by atoms with Crippen molar-refractivity contribution in [2.45, 2.75) is 25.8 Å². The van der Waals surface area contributed by atoms with Crippen molar-refractivity contribution >= 4 is 17.7 Å². The van der Waals surface area contributed by atoms with Gasteiger partial charge in [-0.1, -0.05) is 30.3 Å². The van der Waals surface area contributed by atoms with E-state index in [2.05, 4.69) is 22.3 Å². The molecule has 1 saturated heterocycles. The number of aryl methyl sites for hydroxylation is 1. The lowest BCUT2D eigenvalue weighted by atomic mass is 9.94. The summed E-state index contributed by atoms with van der Waals surface area (Å²) in [5.74, 6) is -0.494. The number of nitrogens with one attached hydrogen (secondary N) is 1. The summed E-state index contributed by atoms with van der Waals surface area (Å²) in [5.41, 5.74) is 6.45. The Balaban J connectivity index is 1.28. The average Bonchev–Trinajstić information content (AvgIpc) is 3.32. The Hall–Kier alpha value is -3.71. The number of ether oxygens (including phenoxy) is 1. The molecule has 0 aromatic heterocycles. The minimum atomic E-state index is -0.305. The molecule has 3 aromatic rings. The molecule has 0 saturated carbocycles. The van der Waals surface area contributed by atoms with Crippen LogP contribution in [0.1, 0.15) is 27.0 Å². The van der Waals surface area contributed by atoms with Gasteiger partial charge >= 0.3 is 6.09 Å². The zero-order valence-electron chi connectivity index (χ0n) is 20.6. The molecule has 36 heavy (non-hydrogen) atoms. The Bertz CT molecular complexity index is 1280. The number of nitrogens with zero attached hydrogens (tertiary/aromatic N) is 2. The molecule has 3 aromatic carbocycles. The fourth-order valence-electron chi connectivity index (χ4n) is 5.38. The summed E-state index contributed by atoms with van der Waals surface area (Å²) in [6.45, 7) is 4.96. The molecule has 5 rings (SSSR count). The third-order valence-electron chi connectivity index (χ3n) is 7.29. The first-order valence-electron chi connectivity index (χ1n) is 12.3. The van der Waals surface area contributed by atoms with Gasteiger partial charge in [0.2, 0.25) is 0 Å². The van der Waals surface area contributed by atoms with Gasteiger partial charge in [0.15, 0.2) is 0 Å². The SMILES string of the molecule is COC(=O)N1CCN(C2Cc3ccc(NC(=O)c4cccc(C)c4-c4ccc(F)cc4)cc3C2)CC1. The molecule has 0 radical (unpaired) electrons.